The van der Waals surface area contributed by atoms with Crippen molar-refractivity contribution in [1.29, 1.82) is 0 Å². The summed E-state index contributed by atoms with van der Waals surface area (Å²) in [7, 11) is 0. The van der Waals surface area contributed by atoms with Gasteiger partial charge in [-0.25, -0.2) is 92.6 Å². The predicted molar refractivity (Wildman–Crippen MR) is 193 cm³/mol. The van der Waals surface area contributed by atoms with E-state index in [1.807, 2.05) is 36.7 Å². The number of halogens is 20. The highest BCUT2D eigenvalue weighted by Crippen LogP contribution is 2.34. The van der Waals surface area contributed by atoms with Gasteiger partial charge < -0.3 is 0 Å². The number of aromatic nitrogens is 1. The highest BCUT2D eigenvalue weighted by atomic mass is 19.2. The topological polar surface area (TPSA) is 13.1 Å². The molecule has 0 unspecified atom stereocenters. The lowest BCUT2D eigenvalue weighted by Gasteiger charge is -2.44. The van der Waals surface area contributed by atoms with Gasteiger partial charge in [0.2, 0.25) is 18.1 Å². The first-order valence-corrected chi connectivity index (χ1v) is 17.9. The summed E-state index contributed by atoms with van der Waals surface area (Å²) in [4.78, 5) is 6.02. The minimum absolute atomic E-state index is 0.862. The van der Waals surface area contributed by atoms with Crippen LogP contribution < -0.4 is 31.4 Å². The summed E-state index contributed by atoms with van der Waals surface area (Å²) < 4.78 is 296. The molecule has 0 fully saturated rings. The van der Waals surface area contributed by atoms with E-state index in [-0.39, 0.29) is 0 Å². The molecular weight excluding hydrogens is 937 g/mol. The van der Waals surface area contributed by atoms with Crippen molar-refractivity contribution in [2.75, 3.05) is 0 Å². The van der Waals surface area contributed by atoms with E-state index in [0.717, 1.165) is 11.1 Å². The first-order valence-electron chi connectivity index (χ1n) is 17.9. The van der Waals surface area contributed by atoms with Crippen molar-refractivity contribution in [2.45, 2.75) is 0 Å². The Balaban J connectivity index is 0.000000254. The third kappa shape index (κ3) is 6.98. The van der Waals surface area contributed by atoms with Crippen LogP contribution >= 0.6 is 0 Å². The SMILES string of the molecule is Fc1c(F)c(F)c([B-](c2c(F)c(F)c(F)c(F)c2F)(c2c(F)c(F)c(F)c(F)c2F)c2c(F)c(F)c(F)c(F)c2F)c(F)c1F.c1cc[n+](Oc2cc3ccccc3c3ccccc23)cc1. The summed E-state index contributed by atoms with van der Waals surface area (Å²) in [6.07, 6.45) is -3.43. The number of rotatable bonds is 6. The van der Waals surface area contributed by atoms with Crippen molar-refractivity contribution in [2.24, 2.45) is 0 Å². The van der Waals surface area contributed by atoms with Crippen molar-refractivity contribution in [3.8, 4) is 5.75 Å². The molecule has 0 aliphatic rings. The van der Waals surface area contributed by atoms with Gasteiger partial charge in [0.25, 0.3) is 0 Å². The molecule has 0 aliphatic carbocycles. The molecule has 2 nitrogen and oxygen atoms in total. The third-order valence-corrected chi connectivity index (χ3v) is 10.3. The van der Waals surface area contributed by atoms with Crippen LogP contribution in [0.1, 0.15) is 0 Å². The number of hydrogen-bond donors (Lipinski definition) is 0. The number of fused-ring (bicyclic) bond motifs is 3. The van der Waals surface area contributed by atoms with Crippen LogP contribution in [0.4, 0.5) is 87.8 Å². The van der Waals surface area contributed by atoms with Crippen LogP contribution in [0.2, 0.25) is 0 Å². The van der Waals surface area contributed by atoms with Crippen LogP contribution in [-0.4, -0.2) is 6.15 Å². The maximum absolute atomic E-state index is 15.4. The molecule has 23 heteroatoms. The minimum atomic E-state index is -7.22. The lowest BCUT2D eigenvalue weighted by atomic mass is 9.12. The Labute approximate surface area is 354 Å². The van der Waals surface area contributed by atoms with Gasteiger partial charge in [0.15, 0.2) is 69.8 Å². The summed E-state index contributed by atoms with van der Waals surface area (Å²) in [5, 5.41) is 4.76. The quantitative estimate of drug-likeness (QED) is 0.0405. The summed E-state index contributed by atoms with van der Waals surface area (Å²) in [6, 6.07) is 24.7. The zero-order valence-electron chi connectivity index (χ0n) is 31.6. The van der Waals surface area contributed by atoms with Gasteiger partial charge in [-0.15, -0.1) is 21.9 Å². The summed E-state index contributed by atoms with van der Waals surface area (Å²) >= 11 is 0. The maximum Gasteiger partial charge on any atom is 0.223 e. The molecule has 0 saturated heterocycles. The molecule has 7 aromatic carbocycles. The molecule has 8 rings (SSSR count). The fourth-order valence-electron chi connectivity index (χ4n) is 7.53. The third-order valence-electron chi connectivity index (χ3n) is 10.3. The van der Waals surface area contributed by atoms with E-state index in [1.165, 1.54) is 16.2 Å². The molecule has 0 amide bonds. The van der Waals surface area contributed by atoms with Gasteiger partial charge in [-0.1, -0.05) is 54.6 Å². The largest absolute Gasteiger partial charge is 0.231 e. The molecule has 0 aliphatic heterocycles. The fraction of sp³-hybridized carbons (Fsp3) is 0. The molecule has 0 N–H and O–H groups in total. The second-order valence-corrected chi connectivity index (χ2v) is 13.8. The average Bonchev–Trinajstić information content (AvgIpc) is 3.32. The lowest BCUT2D eigenvalue weighted by Crippen LogP contribution is -2.81. The van der Waals surface area contributed by atoms with Crippen molar-refractivity contribution >= 4 is 49.5 Å². The molecule has 340 valence electrons. The van der Waals surface area contributed by atoms with Gasteiger partial charge >= 0.3 is 0 Å². The molecule has 0 saturated carbocycles. The molecule has 1 aromatic heterocycles. The number of benzene rings is 7. The summed E-state index contributed by atoms with van der Waals surface area (Å²) in [5.74, 6) is -70.5. The Bertz CT molecular complexity index is 2910. The molecule has 0 bridgehead atoms. The smallest absolute Gasteiger partial charge is 0.223 e. The van der Waals surface area contributed by atoms with E-state index in [0.29, 0.717) is 0 Å². The van der Waals surface area contributed by atoms with E-state index >= 15 is 35.1 Å². The van der Waals surface area contributed by atoms with Crippen LogP contribution in [0.25, 0.3) is 21.5 Å². The normalized spacial score (nSPS) is 11.6. The molecule has 8 aromatic rings. The minimum Gasteiger partial charge on any atom is -0.231 e. The zero-order valence-corrected chi connectivity index (χ0v) is 31.6. The average molecular weight is 951 g/mol. The second kappa shape index (κ2) is 17.2. The van der Waals surface area contributed by atoms with Crippen LogP contribution in [-0.2, 0) is 0 Å². The van der Waals surface area contributed by atoms with Crippen molar-refractivity contribution in [1.82, 2.24) is 0 Å². The van der Waals surface area contributed by atoms with Gasteiger partial charge in [0.1, 0.15) is 52.7 Å². The molecule has 0 radical (unpaired) electrons. The second-order valence-electron chi connectivity index (χ2n) is 13.8. The maximum atomic E-state index is 15.4. The Morgan fingerprint density at radius 3 is 0.894 bits per heavy atom. The van der Waals surface area contributed by atoms with E-state index < -0.39 is 144 Å². The van der Waals surface area contributed by atoms with Crippen LogP contribution in [0, 0.1) is 116 Å². The number of pyridine rings is 1. The van der Waals surface area contributed by atoms with Gasteiger partial charge in [-0.2, -0.15) is 0 Å². The van der Waals surface area contributed by atoms with Crippen molar-refractivity contribution in [3.05, 3.63) is 202 Å². The molecule has 1 heterocycles. The highest BCUT2D eigenvalue weighted by Gasteiger charge is 2.52. The van der Waals surface area contributed by atoms with E-state index in [4.69, 9.17) is 4.84 Å². The Morgan fingerprint density at radius 2 is 0.561 bits per heavy atom. The molecular formula is C43H14BF20NO. The molecule has 66 heavy (non-hydrogen) atoms. The predicted octanol–water partition coefficient (Wildman–Crippen LogP) is 9.97. The zero-order chi connectivity index (χ0) is 48.4. The van der Waals surface area contributed by atoms with E-state index in [9.17, 15) is 52.7 Å². The van der Waals surface area contributed by atoms with Crippen LogP contribution in [0.3, 0.4) is 0 Å². The Kier molecular flexibility index (Phi) is 12.2. The highest BCUT2D eigenvalue weighted by molar-refractivity contribution is 7.20. The van der Waals surface area contributed by atoms with Gasteiger partial charge in [-0.05, 0) is 22.2 Å². The van der Waals surface area contributed by atoms with Gasteiger partial charge in [0.05, 0.1) is 0 Å². The fourth-order valence-corrected chi connectivity index (χ4v) is 7.53. The van der Waals surface area contributed by atoms with Crippen molar-refractivity contribution in [3.63, 3.8) is 0 Å². The van der Waals surface area contributed by atoms with Crippen molar-refractivity contribution < 1.29 is 97.4 Å². The summed E-state index contributed by atoms with van der Waals surface area (Å²) in [5.41, 5.74) is -14.3. The van der Waals surface area contributed by atoms with E-state index in [1.54, 1.807) is 4.73 Å². The van der Waals surface area contributed by atoms with Crippen LogP contribution in [0.15, 0.2) is 85.2 Å². The first kappa shape index (κ1) is 46.7. The standard InChI is InChI=1S/C24BF20.C19H14NO/c26-5-1(6(27)14(35)21(42)13(5)34)25(2-7(28)15(36)22(43)16(37)8(2)29,3-9(30)17(38)23(44)18(39)10(3)31)4-11(32)19(40)24(45)20(41)12(4)33;1-6-12-20(13-7-1)21-19-14-15-8-2-3-9-16(15)17-10-4-5-11-18(17)19/h;1-14H/q-1;+1. The Hall–Kier alpha value is -7.33. The lowest BCUT2D eigenvalue weighted by molar-refractivity contribution is -0.874. The molecule has 0 atom stereocenters. The van der Waals surface area contributed by atoms with Gasteiger partial charge in [0, 0.05) is 22.2 Å². The first-order chi connectivity index (χ1) is 31.1. The number of nitrogens with zero attached hydrogens (tertiary/aromatic N) is 1. The monoisotopic (exact) mass is 951 g/mol. The number of hydrogen-bond acceptors (Lipinski definition) is 1. The van der Waals surface area contributed by atoms with E-state index in [2.05, 4.69) is 48.5 Å². The van der Waals surface area contributed by atoms with Crippen LogP contribution in [0.5, 0.6) is 5.75 Å². The van der Waals surface area contributed by atoms with Gasteiger partial charge in [-0.3, -0.25) is 0 Å². The molecule has 0 spiro atoms. The Morgan fingerprint density at radius 1 is 0.288 bits per heavy atom. The summed E-state index contributed by atoms with van der Waals surface area (Å²) in [6.45, 7) is 0.